The summed E-state index contributed by atoms with van der Waals surface area (Å²) in [6, 6.07) is 24.7. The van der Waals surface area contributed by atoms with Crippen molar-refractivity contribution in [3.05, 3.63) is 113 Å². The lowest BCUT2D eigenvalue weighted by Gasteiger charge is -2.26. The van der Waals surface area contributed by atoms with Crippen LogP contribution in [0.2, 0.25) is 0 Å². The van der Waals surface area contributed by atoms with Crippen LogP contribution in [0, 0.1) is 0 Å². The van der Waals surface area contributed by atoms with Crippen LogP contribution >= 0.6 is 0 Å². The van der Waals surface area contributed by atoms with Crippen LogP contribution in [0.5, 0.6) is 5.75 Å². The van der Waals surface area contributed by atoms with Crippen molar-refractivity contribution >= 4 is 22.7 Å². The first-order valence-electron chi connectivity index (χ1n) is 14.6. The fraction of sp³-hybridized carbons (Fsp3) is 0.294. The van der Waals surface area contributed by atoms with E-state index in [0.29, 0.717) is 31.0 Å². The Labute approximate surface area is 257 Å². The Hall–Kier alpha value is -4.96. The summed E-state index contributed by atoms with van der Waals surface area (Å²) in [4.78, 5) is 29.1. The predicted molar refractivity (Wildman–Crippen MR) is 170 cm³/mol. The fourth-order valence-corrected chi connectivity index (χ4v) is 5.29. The van der Waals surface area contributed by atoms with E-state index in [4.69, 9.17) is 10.5 Å². The van der Waals surface area contributed by atoms with Crippen LogP contribution in [-0.4, -0.2) is 44.2 Å². The number of ether oxygens (including phenoxy) is 1. The van der Waals surface area contributed by atoms with Crippen LogP contribution < -0.4 is 21.1 Å². The minimum absolute atomic E-state index is 0.181. The van der Waals surface area contributed by atoms with Gasteiger partial charge in [-0.3, -0.25) is 9.59 Å². The first-order valence-corrected chi connectivity index (χ1v) is 14.6. The Morgan fingerprint density at radius 2 is 1.52 bits per heavy atom. The van der Waals surface area contributed by atoms with Gasteiger partial charge < -0.3 is 30.7 Å². The lowest BCUT2D eigenvalue weighted by atomic mass is 10.0. The SMILES string of the molecule is COc1ccc(Cn2c([C@@H](Cc3ccccc3)NC(C)=O)nnc2[C@@H](Cc2c[nH]c3ccccc23)NC(=O)C(C)(C)N)cc1. The van der Waals surface area contributed by atoms with E-state index in [9.17, 15) is 9.59 Å². The fourth-order valence-electron chi connectivity index (χ4n) is 5.29. The molecule has 5 N–H and O–H groups in total. The van der Waals surface area contributed by atoms with Gasteiger partial charge in [-0.05, 0) is 55.2 Å². The number of rotatable bonds is 12. The summed E-state index contributed by atoms with van der Waals surface area (Å²) in [6.45, 7) is 5.24. The van der Waals surface area contributed by atoms with Gasteiger partial charge in [-0.15, -0.1) is 10.2 Å². The second kappa shape index (κ2) is 13.1. The zero-order valence-corrected chi connectivity index (χ0v) is 25.5. The van der Waals surface area contributed by atoms with Crippen molar-refractivity contribution in [3.63, 3.8) is 0 Å². The summed E-state index contributed by atoms with van der Waals surface area (Å²) < 4.78 is 7.36. The van der Waals surface area contributed by atoms with E-state index in [1.807, 2.05) is 89.6 Å². The molecule has 2 heterocycles. The summed E-state index contributed by atoms with van der Waals surface area (Å²) in [6.07, 6.45) is 2.91. The number of nitrogens with zero attached hydrogens (tertiary/aromatic N) is 3. The number of hydrogen-bond acceptors (Lipinski definition) is 6. The van der Waals surface area contributed by atoms with Gasteiger partial charge in [0.05, 0.1) is 31.3 Å². The van der Waals surface area contributed by atoms with Crippen molar-refractivity contribution in [2.75, 3.05) is 7.11 Å². The van der Waals surface area contributed by atoms with Gasteiger partial charge in [-0.2, -0.15) is 0 Å². The zero-order chi connectivity index (χ0) is 31.3. The van der Waals surface area contributed by atoms with Crippen molar-refractivity contribution in [1.82, 2.24) is 30.4 Å². The van der Waals surface area contributed by atoms with Gasteiger partial charge in [0.15, 0.2) is 11.6 Å². The molecule has 0 radical (unpaired) electrons. The molecule has 10 nitrogen and oxygen atoms in total. The highest BCUT2D eigenvalue weighted by Crippen LogP contribution is 2.28. The Kier molecular flexibility index (Phi) is 9.10. The molecule has 2 amide bonds. The Morgan fingerprint density at radius 3 is 2.16 bits per heavy atom. The number of H-pyrrole nitrogens is 1. The van der Waals surface area contributed by atoms with Crippen LogP contribution in [0.1, 0.15) is 61.2 Å². The molecule has 44 heavy (non-hydrogen) atoms. The van der Waals surface area contributed by atoms with Gasteiger partial charge in [-0.25, -0.2) is 0 Å². The topological polar surface area (TPSA) is 140 Å². The van der Waals surface area contributed by atoms with E-state index in [1.54, 1.807) is 21.0 Å². The molecule has 10 heteroatoms. The molecule has 0 saturated carbocycles. The molecule has 0 aliphatic heterocycles. The number of para-hydroxylation sites is 1. The zero-order valence-electron chi connectivity index (χ0n) is 25.5. The average molecular weight is 594 g/mol. The number of aromatic amines is 1. The summed E-state index contributed by atoms with van der Waals surface area (Å²) in [5.74, 6) is 1.39. The number of amides is 2. The second-order valence-electron chi connectivity index (χ2n) is 11.6. The van der Waals surface area contributed by atoms with Crippen LogP contribution in [0.15, 0.2) is 85.1 Å². The van der Waals surface area contributed by atoms with Crippen molar-refractivity contribution in [3.8, 4) is 5.75 Å². The molecule has 0 spiro atoms. The van der Waals surface area contributed by atoms with Crippen molar-refractivity contribution in [1.29, 1.82) is 0 Å². The highest BCUT2D eigenvalue weighted by Gasteiger charge is 2.31. The number of methoxy groups -OCH3 is 1. The summed E-state index contributed by atoms with van der Waals surface area (Å²) >= 11 is 0. The third-order valence-electron chi connectivity index (χ3n) is 7.58. The minimum atomic E-state index is -1.12. The predicted octanol–water partition coefficient (Wildman–Crippen LogP) is 4.37. The molecule has 5 aromatic rings. The number of aromatic nitrogens is 4. The number of carbonyl (C=O) groups is 2. The number of fused-ring (bicyclic) bond motifs is 1. The summed E-state index contributed by atoms with van der Waals surface area (Å²) in [5, 5.41) is 16.6. The largest absolute Gasteiger partial charge is 0.497 e. The van der Waals surface area contributed by atoms with Gasteiger partial charge in [0.25, 0.3) is 0 Å². The van der Waals surface area contributed by atoms with Crippen LogP contribution in [-0.2, 0) is 29.0 Å². The van der Waals surface area contributed by atoms with Crippen molar-refractivity contribution < 1.29 is 14.3 Å². The molecule has 3 aromatic carbocycles. The third kappa shape index (κ3) is 7.15. The van der Waals surface area contributed by atoms with Crippen molar-refractivity contribution in [2.24, 2.45) is 5.73 Å². The minimum Gasteiger partial charge on any atom is -0.497 e. The number of carbonyl (C=O) groups excluding carboxylic acids is 2. The quantitative estimate of drug-likeness (QED) is 0.169. The van der Waals surface area contributed by atoms with Gasteiger partial charge in [0.2, 0.25) is 11.8 Å². The third-order valence-corrected chi connectivity index (χ3v) is 7.58. The van der Waals surface area contributed by atoms with Gasteiger partial charge in [0.1, 0.15) is 5.75 Å². The van der Waals surface area contributed by atoms with Crippen molar-refractivity contribution in [2.45, 2.75) is 57.8 Å². The number of benzene rings is 3. The number of nitrogens with one attached hydrogen (secondary N) is 3. The molecule has 5 rings (SSSR count). The lowest BCUT2D eigenvalue weighted by molar-refractivity contribution is -0.126. The molecular formula is C34H39N7O3. The van der Waals surface area contributed by atoms with Gasteiger partial charge >= 0.3 is 0 Å². The maximum atomic E-state index is 13.3. The molecule has 0 unspecified atom stereocenters. The van der Waals surface area contributed by atoms with E-state index in [-0.39, 0.29) is 11.8 Å². The molecular weight excluding hydrogens is 554 g/mol. The normalized spacial score (nSPS) is 12.9. The molecule has 228 valence electrons. The van der Waals surface area contributed by atoms with E-state index >= 15 is 0 Å². The first kappa shape index (κ1) is 30.5. The molecule has 0 aliphatic rings. The second-order valence-corrected chi connectivity index (χ2v) is 11.6. The standard InChI is InChI=1S/C34H39N7O3/c1-22(42)37-29(18-23-10-6-5-7-11-23)31-39-40-32(41(31)21-24-14-16-26(44-4)17-15-24)30(38-33(43)34(2,3)35)19-25-20-36-28-13-9-8-12-27(25)28/h5-17,20,29-30,36H,18-19,21,35H2,1-4H3,(H,37,42)(H,38,43)/t29-,30-/m1/s1. The lowest BCUT2D eigenvalue weighted by Crippen LogP contribution is -2.50. The van der Waals surface area contributed by atoms with E-state index in [2.05, 4.69) is 25.8 Å². The molecule has 0 fully saturated rings. The smallest absolute Gasteiger partial charge is 0.240 e. The average Bonchev–Trinajstić information content (AvgIpc) is 3.61. The summed E-state index contributed by atoms with van der Waals surface area (Å²) in [7, 11) is 1.63. The number of hydrogen-bond donors (Lipinski definition) is 4. The first-order chi connectivity index (χ1) is 21.1. The molecule has 2 aromatic heterocycles. The molecule has 0 bridgehead atoms. The maximum absolute atomic E-state index is 13.3. The summed E-state index contributed by atoms with van der Waals surface area (Å²) in [5.41, 5.74) is 9.15. The monoisotopic (exact) mass is 593 g/mol. The molecule has 0 aliphatic carbocycles. The molecule has 0 saturated heterocycles. The van der Waals surface area contributed by atoms with Crippen LogP contribution in [0.4, 0.5) is 0 Å². The Bertz CT molecular complexity index is 1720. The Morgan fingerprint density at radius 1 is 0.886 bits per heavy atom. The number of nitrogens with two attached hydrogens (primary N) is 1. The molecule has 2 atom stereocenters. The van der Waals surface area contributed by atoms with E-state index in [0.717, 1.165) is 33.3 Å². The maximum Gasteiger partial charge on any atom is 0.240 e. The highest BCUT2D eigenvalue weighted by atomic mass is 16.5. The van der Waals surface area contributed by atoms with E-state index < -0.39 is 17.6 Å². The highest BCUT2D eigenvalue weighted by molar-refractivity contribution is 5.86. The Balaban J connectivity index is 1.62. The van der Waals surface area contributed by atoms with Crippen LogP contribution in [0.25, 0.3) is 10.9 Å². The van der Waals surface area contributed by atoms with E-state index in [1.165, 1.54) is 6.92 Å². The van der Waals surface area contributed by atoms with Crippen LogP contribution in [0.3, 0.4) is 0 Å². The van der Waals surface area contributed by atoms with Gasteiger partial charge in [-0.1, -0.05) is 60.7 Å². The van der Waals surface area contributed by atoms with Gasteiger partial charge in [0, 0.05) is 30.4 Å².